The molecule has 6 nitrogen and oxygen atoms in total. The highest BCUT2D eigenvalue weighted by molar-refractivity contribution is 5.63. The van der Waals surface area contributed by atoms with Crippen LogP contribution in [0.2, 0.25) is 0 Å². The van der Waals surface area contributed by atoms with Crippen LogP contribution in [-0.2, 0) is 6.67 Å². The smallest absolute Gasteiger partial charge is 0.278 e. The maximum Gasteiger partial charge on any atom is 0.278 e. The van der Waals surface area contributed by atoms with Crippen LogP contribution in [0.1, 0.15) is 11.4 Å². The predicted molar refractivity (Wildman–Crippen MR) is 70.8 cm³/mol. The molecule has 0 saturated heterocycles. The van der Waals surface area contributed by atoms with E-state index in [-0.39, 0.29) is 11.7 Å². The summed E-state index contributed by atoms with van der Waals surface area (Å²) in [6.07, 6.45) is 0. The van der Waals surface area contributed by atoms with Gasteiger partial charge in [0.2, 0.25) is 5.82 Å². The van der Waals surface area contributed by atoms with Crippen molar-refractivity contribution in [1.82, 2.24) is 19.9 Å². The second-order valence-electron chi connectivity index (χ2n) is 4.26. The van der Waals surface area contributed by atoms with E-state index in [0.29, 0.717) is 17.1 Å². The molecule has 0 bridgehead atoms. The Kier molecular flexibility index (Phi) is 2.94. The lowest BCUT2D eigenvalue weighted by Crippen LogP contribution is -2.01. The Hall–Kier alpha value is -2.70. The summed E-state index contributed by atoms with van der Waals surface area (Å²) >= 11 is 0. The number of aromatic nitrogens is 4. The van der Waals surface area contributed by atoms with Crippen molar-refractivity contribution in [3.63, 3.8) is 0 Å². The lowest BCUT2D eigenvalue weighted by molar-refractivity contribution is 0.395. The molecular formula is C13H12FN5O. The molecule has 2 N–H and O–H groups in total. The number of halogens is 1. The lowest BCUT2D eigenvalue weighted by atomic mass is 10.2. The molecule has 1 aromatic carbocycles. The minimum absolute atomic E-state index is 0.00719. The molecule has 0 aliphatic rings. The number of alkyl halides is 1. The Bertz CT molecular complexity index is 735. The Morgan fingerprint density at radius 1 is 1.30 bits per heavy atom. The first kappa shape index (κ1) is 12.3. The number of rotatable bonds is 3. The molecule has 0 saturated carbocycles. The molecule has 7 heteroatoms. The van der Waals surface area contributed by atoms with Gasteiger partial charge in [0, 0.05) is 5.56 Å². The summed E-state index contributed by atoms with van der Waals surface area (Å²) in [4.78, 5) is 3.92. The van der Waals surface area contributed by atoms with Crippen LogP contribution in [0.5, 0.6) is 0 Å². The molecule has 0 spiro atoms. The highest BCUT2D eigenvalue weighted by Crippen LogP contribution is 2.27. The van der Waals surface area contributed by atoms with E-state index in [0.717, 1.165) is 5.69 Å². The van der Waals surface area contributed by atoms with Gasteiger partial charge in [-0.15, -0.1) is 0 Å². The Balaban J connectivity index is 2.10. The van der Waals surface area contributed by atoms with Crippen molar-refractivity contribution in [1.29, 1.82) is 0 Å². The van der Waals surface area contributed by atoms with Crippen LogP contribution >= 0.6 is 0 Å². The van der Waals surface area contributed by atoms with Crippen molar-refractivity contribution < 1.29 is 8.91 Å². The predicted octanol–water partition coefficient (Wildman–Crippen LogP) is 2.28. The molecule has 0 unspecified atom stereocenters. The third-order valence-corrected chi connectivity index (χ3v) is 2.96. The molecule has 0 aliphatic heterocycles. The van der Waals surface area contributed by atoms with E-state index >= 15 is 0 Å². The van der Waals surface area contributed by atoms with Crippen LogP contribution in [0, 0.1) is 6.92 Å². The number of nitrogens with zero attached hydrogens (tertiary/aromatic N) is 4. The summed E-state index contributed by atoms with van der Waals surface area (Å²) in [5, 5.41) is 7.88. The van der Waals surface area contributed by atoms with Crippen LogP contribution in [0.15, 0.2) is 34.9 Å². The van der Waals surface area contributed by atoms with Crippen molar-refractivity contribution in [3.8, 4) is 17.3 Å². The second kappa shape index (κ2) is 4.76. The van der Waals surface area contributed by atoms with E-state index in [4.69, 9.17) is 10.3 Å². The minimum atomic E-state index is -0.780. The molecule has 0 fully saturated rings. The molecule has 0 aliphatic carbocycles. The van der Waals surface area contributed by atoms with Gasteiger partial charge < -0.3 is 10.3 Å². The van der Waals surface area contributed by atoms with E-state index in [1.807, 2.05) is 30.3 Å². The molecular weight excluding hydrogens is 261 g/mol. The summed E-state index contributed by atoms with van der Waals surface area (Å²) in [7, 11) is 0. The van der Waals surface area contributed by atoms with Crippen LogP contribution in [0.4, 0.5) is 10.2 Å². The summed E-state index contributed by atoms with van der Waals surface area (Å²) < 4.78 is 19.1. The third-order valence-electron chi connectivity index (χ3n) is 2.96. The third kappa shape index (κ3) is 1.93. The molecule has 2 aromatic heterocycles. The Labute approximate surface area is 114 Å². The molecule has 0 radical (unpaired) electrons. The molecule has 20 heavy (non-hydrogen) atoms. The molecule has 3 rings (SSSR count). The van der Waals surface area contributed by atoms with Gasteiger partial charge in [0.05, 0.1) is 5.69 Å². The van der Waals surface area contributed by atoms with Crippen molar-refractivity contribution in [2.24, 2.45) is 0 Å². The monoisotopic (exact) mass is 273 g/mol. The molecule has 2 heterocycles. The number of anilines is 1. The fourth-order valence-electron chi connectivity index (χ4n) is 1.88. The molecule has 3 aromatic rings. The van der Waals surface area contributed by atoms with Gasteiger partial charge in [-0.05, 0) is 19.1 Å². The average Bonchev–Trinajstić information content (AvgIpc) is 3.06. The van der Waals surface area contributed by atoms with Crippen LogP contribution < -0.4 is 5.73 Å². The average molecular weight is 273 g/mol. The zero-order valence-corrected chi connectivity index (χ0v) is 10.7. The molecule has 0 atom stereocenters. The summed E-state index contributed by atoms with van der Waals surface area (Å²) in [6, 6.07) is 9.45. The number of hydrogen-bond donors (Lipinski definition) is 1. The van der Waals surface area contributed by atoms with Crippen LogP contribution in [0.25, 0.3) is 17.3 Å². The summed E-state index contributed by atoms with van der Waals surface area (Å²) in [5.74, 6) is 0.634. The van der Waals surface area contributed by atoms with Crippen molar-refractivity contribution in [3.05, 3.63) is 41.7 Å². The summed E-state index contributed by atoms with van der Waals surface area (Å²) in [5.41, 5.74) is 8.04. The first-order chi connectivity index (χ1) is 9.70. The lowest BCUT2D eigenvalue weighted by Gasteiger charge is -2.02. The number of nitrogens with two attached hydrogens (primary N) is 1. The highest BCUT2D eigenvalue weighted by atomic mass is 19.1. The second-order valence-corrected chi connectivity index (χ2v) is 4.26. The van der Waals surface area contributed by atoms with Gasteiger partial charge in [-0.25, -0.2) is 9.07 Å². The maximum atomic E-state index is 12.5. The first-order valence-electron chi connectivity index (χ1n) is 6.00. The highest BCUT2D eigenvalue weighted by Gasteiger charge is 2.19. The zero-order valence-electron chi connectivity index (χ0n) is 10.7. The minimum Gasteiger partial charge on any atom is -0.383 e. The van der Waals surface area contributed by atoms with E-state index in [9.17, 15) is 4.39 Å². The SMILES string of the molecule is Cc1c(-c2nc(CF)no2)nn(-c2ccccc2)c1N. The fourth-order valence-corrected chi connectivity index (χ4v) is 1.88. The fraction of sp³-hybridized carbons (Fsp3) is 0.154. The van der Waals surface area contributed by atoms with Crippen LogP contribution in [-0.4, -0.2) is 19.9 Å². The van der Waals surface area contributed by atoms with Crippen molar-refractivity contribution in [2.75, 3.05) is 5.73 Å². The van der Waals surface area contributed by atoms with Gasteiger partial charge in [0.25, 0.3) is 5.89 Å². The first-order valence-corrected chi connectivity index (χ1v) is 6.00. The van der Waals surface area contributed by atoms with E-state index in [2.05, 4.69) is 15.2 Å². The van der Waals surface area contributed by atoms with E-state index < -0.39 is 6.67 Å². The largest absolute Gasteiger partial charge is 0.383 e. The molecule has 0 amide bonds. The van der Waals surface area contributed by atoms with Gasteiger partial charge in [-0.3, -0.25) is 0 Å². The number of hydrogen-bond acceptors (Lipinski definition) is 5. The topological polar surface area (TPSA) is 82.8 Å². The normalized spacial score (nSPS) is 10.9. The van der Waals surface area contributed by atoms with Gasteiger partial charge >= 0.3 is 0 Å². The van der Waals surface area contributed by atoms with E-state index in [1.165, 1.54) is 0 Å². The summed E-state index contributed by atoms with van der Waals surface area (Å²) in [6.45, 7) is 1.02. The van der Waals surface area contributed by atoms with Gasteiger partial charge in [0.1, 0.15) is 5.82 Å². The van der Waals surface area contributed by atoms with Gasteiger partial charge in [-0.1, -0.05) is 23.4 Å². The van der Waals surface area contributed by atoms with Crippen molar-refractivity contribution in [2.45, 2.75) is 13.6 Å². The van der Waals surface area contributed by atoms with Crippen molar-refractivity contribution >= 4 is 5.82 Å². The number of benzene rings is 1. The zero-order chi connectivity index (χ0) is 14.1. The standard InChI is InChI=1S/C13H12FN5O/c1-8-11(13-16-10(7-14)18-20-13)17-19(12(8)15)9-5-3-2-4-6-9/h2-6H,7,15H2,1H3. The van der Waals surface area contributed by atoms with Gasteiger partial charge in [-0.2, -0.15) is 10.1 Å². The van der Waals surface area contributed by atoms with E-state index in [1.54, 1.807) is 11.6 Å². The molecule has 102 valence electrons. The quantitative estimate of drug-likeness (QED) is 0.791. The maximum absolute atomic E-state index is 12.5. The van der Waals surface area contributed by atoms with Crippen LogP contribution in [0.3, 0.4) is 0 Å². The number of nitrogen functional groups attached to an aromatic ring is 1. The number of para-hydroxylation sites is 1. The van der Waals surface area contributed by atoms with Gasteiger partial charge in [0.15, 0.2) is 12.4 Å². The Morgan fingerprint density at radius 3 is 2.70 bits per heavy atom. The Morgan fingerprint density at radius 2 is 2.05 bits per heavy atom.